The van der Waals surface area contributed by atoms with Crippen LogP contribution in [0.25, 0.3) is 0 Å². The van der Waals surface area contributed by atoms with Crippen molar-refractivity contribution < 1.29 is 24.1 Å². The lowest BCUT2D eigenvalue weighted by Crippen LogP contribution is -2.43. The molecule has 1 unspecified atom stereocenters. The molecular formula is C26H29NO5. The Balaban J connectivity index is 2.17. The summed E-state index contributed by atoms with van der Waals surface area (Å²) in [6.07, 6.45) is 0. The number of nitrogens with one attached hydrogen (secondary N) is 1. The Kier molecular flexibility index (Phi) is 7.87. The van der Waals surface area contributed by atoms with Crippen molar-refractivity contribution in [3.8, 4) is 11.5 Å². The first-order chi connectivity index (χ1) is 15.5. The van der Waals surface area contributed by atoms with Crippen molar-refractivity contribution in [2.24, 2.45) is 0 Å². The van der Waals surface area contributed by atoms with Gasteiger partial charge < -0.3 is 24.6 Å². The number of methoxy groups -OCH3 is 2. The van der Waals surface area contributed by atoms with Crippen LogP contribution in [-0.2, 0) is 15.1 Å². The molecule has 0 spiro atoms. The van der Waals surface area contributed by atoms with Crippen molar-refractivity contribution in [1.82, 2.24) is 5.32 Å². The molecule has 0 fully saturated rings. The van der Waals surface area contributed by atoms with Gasteiger partial charge in [0.25, 0.3) is 0 Å². The summed E-state index contributed by atoms with van der Waals surface area (Å²) in [6, 6.07) is 24.7. The molecule has 6 nitrogen and oxygen atoms in total. The van der Waals surface area contributed by atoms with Crippen LogP contribution in [-0.4, -0.2) is 44.5 Å². The molecule has 1 atom stereocenters. The Morgan fingerprint density at radius 1 is 0.844 bits per heavy atom. The maximum Gasteiger partial charge on any atom is 0.217 e. The zero-order valence-corrected chi connectivity index (χ0v) is 18.6. The number of aliphatic hydroxyl groups is 1. The van der Waals surface area contributed by atoms with Gasteiger partial charge in [-0.15, -0.1) is 0 Å². The molecule has 0 aromatic heterocycles. The van der Waals surface area contributed by atoms with Crippen LogP contribution in [0, 0.1) is 0 Å². The molecule has 1 amide bonds. The molecule has 3 aromatic carbocycles. The van der Waals surface area contributed by atoms with Gasteiger partial charge in [0.15, 0.2) is 0 Å². The van der Waals surface area contributed by atoms with Crippen LogP contribution in [0.15, 0.2) is 78.9 Å². The average molecular weight is 436 g/mol. The van der Waals surface area contributed by atoms with Gasteiger partial charge in [-0.1, -0.05) is 54.6 Å². The number of ether oxygens (including phenoxy) is 3. The topological polar surface area (TPSA) is 77.0 Å². The average Bonchev–Trinajstić information content (AvgIpc) is 2.84. The molecule has 0 radical (unpaired) electrons. The monoisotopic (exact) mass is 435 g/mol. The zero-order valence-electron chi connectivity index (χ0n) is 18.6. The van der Waals surface area contributed by atoms with Gasteiger partial charge in [0, 0.05) is 6.92 Å². The number of hydrogen-bond acceptors (Lipinski definition) is 5. The highest BCUT2D eigenvalue weighted by atomic mass is 16.5. The molecule has 0 saturated carbocycles. The van der Waals surface area contributed by atoms with Gasteiger partial charge in [-0.2, -0.15) is 0 Å². The van der Waals surface area contributed by atoms with Crippen LogP contribution in [0.2, 0.25) is 0 Å². The molecule has 0 heterocycles. The fraction of sp³-hybridized carbons (Fsp3) is 0.269. The van der Waals surface area contributed by atoms with Crippen LogP contribution in [0.3, 0.4) is 0 Å². The second-order valence-corrected chi connectivity index (χ2v) is 7.40. The third-order valence-electron chi connectivity index (χ3n) is 5.30. The first-order valence-corrected chi connectivity index (χ1v) is 10.4. The predicted octanol–water partition coefficient (Wildman–Crippen LogP) is 3.51. The van der Waals surface area contributed by atoms with E-state index in [0.717, 1.165) is 28.2 Å². The van der Waals surface area contributed by atoms with Crippen LogP contribution in [0.1, 0.15) is 23.6 Å². The Morgan fingerprint density at radius 2 is 1.31 bits per heavy atom. The molecule has 3 rings (SSSR count). The smallest absolute Gasteiger partial charge is 0.217 e. The number of carbonyl (C=O) groups is 1. The van der Waals surface area contributed by atoms with Gasteiger partial charge >= 0.3 is 0 Å². The summed E-state index contributed by atoms with van der Waals surface area (Å²) in [7, 11) is 3.25. The van der Waals surface area contributed by atoms with Gasteiger partial charge in [0.05, 0.1) is 33.5 Å². The minimum atomic E-state index is -0.994. The summed E-state index contributed by atoms with van der Waals surface area (Å²) >= 11 is 0. The fourth-order valence-corrected chi connectivity index (χ4v) is 3.73. The molecule has 32 heavy (non-hydrogen) atoms. The summed E-state index contributed by atoms with van der Waals surface area (Å²) in [5.41, 5.74) is 1.68. The minimum absolute atomic E-state index is 0.100. The molecule has 0 aliphatic rings. The lowest BCUT2D eigenvalue weighted by molar-refractivity contribution is -0.121. The summed E-state index contributed by atoms with van der Waals surface area (Å²) in [6.45, 7) is 1.28. The summed E-state index contributed by atoms with van der Waals surface area (Å²) in [4.78, 5) is 11.6. The van der Waals surface area contributed by atoms with E-state index in [1.165, 1.54) is 6.92 Å². The van der Waals surface area contributed by atoms with Crippen LogP contribution in [0.4, 0.5) is 0 Å². The van der Waals surface area contributed by atoms with E-state index in [9.17, 15) is 9.90 Å². The minimum Gasteiger partial charge on any atom is -0.497 e. The van der Waals surface area contributed by atoms with E-state index < -0.39 is 11.6 Å². The Morgan fingerprint density at radius 3 is 1.72 bits per heavy atom. The first-order valence-electron chi connectivity index (χ1n) is 10.4. The first kappa shape index (κ1) is 23.3. The Labute approximate surface area is 188 Å². The van der Waals surface area contributed by atoms with Crippen molar-refractivity contribution in [1.29, 1.82) is 0 Å². The van der Waals surface area contributed by atoms with Crippen molar-refractivity contribution in [3.63, 3.8) is 0 Å². The third kappa shape index (κ3) is 5.10. The fourth-order valence-electron chi connectivity index (χ4n) is 3.73. The quantitative estimate of drug-likeness (QED) is 0.477. The molecule has 6 heteroatoms. The number of benzene rings is 3. The summed E-state index contributed by atoms with van der Waals surface area (Å²) < 4.78 is 17.3. The Hall–Kier alpha value is -3.35. The summed E-state index contributed by atoms with van der Waals surface area (Å²) in [5.74, 6) is 1.24. The lowest BCUT2D eigenvalue weighted by atomic mass is 9.80. The molecule has 0 aliphatic carbocycles. The largest absolute Gasteiger partial charge is 0.497 e. The van der Waals surface area contributed by atoms with Crippen molar-refractivity contribution in [3.05, 3.63) is 95.6 Å². The highest BCUT2D eigenvalue weighted by molar-refractivity contribution is 5.73. The van der Waals surface area contributed by atoms with E-state index in [1.807, 2.05) is 78.9 Å². The van der Waals surface area contributed by atoms with Crippen molar-refractivity contribution in [2.75, 3.05) is 27.4 Å². The van der Waals surface area contributed by atoms with E-state index in [4.69, 9.17) is 14.2 Å². The number of amides is 1. The van der Waals surface area contributed by atoms with E-state index >= 15 is 0 Å². The molecule has 0 saturated heterocycles. The number of hydrogen-bond donors (Lipinski definition) is 2. The molecule has 3 aromatic rings. The number of carbonyl (C=O) groups excluding carboxylic acids is 1. The molecule has 0 aliphatic heterocycles. The van der Waals surface area contributed by atoms with E-state index in [1.54, 1.807) is 14.2 Å². The highest BCUT2D eigenvalue weighted by Crippen LogP contribution is 2.41. The second-order valence-electron chi connectivity index (χ2n) is 7.40. The lowest BCUT2D eigenvalue weighted by Gasteiger charge is -2.37. The van der Waals surface area contributed by atoms with Gasteiger partial charge in [-0.05, 0) is 41.0 Å². The molecule has 2 N–H and O–H groups in total. The molecular weight excluding hydrogens is 406 g/mol. The van der Waals surface area contributed by atoms with E-state index in [-0.39, 0.29) is 19.1 Å². The van der Waals surface area contributed by atoms with Gasteiger partial charge in [0.1, 0.15) is 17.1 Å². The zero-order chi connectivity index (χ0) is 23.0. The van der Waals surface area contributed by atoms with Crippen molar-refractivity contribution in [2.45, 2.75) is 18.6 Å². The van der Waals surface area contributed by atoms with Crippen LogP contribution < -0.4 is 14.8 Å². The summed E-state index contributed by atoms with van der Waals surface area (Å²) in [5, 5.41) is 12.5. The van der Waals surface area contributed by atoms with E-state index in [0.29, 0.717) is 0 Å². The molecule has 0 bridgehead atoms. The van der Waals surface area contributed by atoms with Crippen molar-refractivity contribution >= 4 is 5.91 Å². The maximum atomic E-state index is 11.6. The van der Waals surface area contributed by atoms with E-state index in [2.05, 4.69) is 5.32 Å². The Bertz CT molecular complexity index is 939. The van der Waals surface area contributed by atoms with Gasteiger partial charge in [0.2, 0.25) is 5.91 Å². The number of aliphatic hydroxyl groups excluding tert-OH is 1. The normalized spacial score (nSPS) is 12.1. The standard InChI is InChI=1S/C26H29NO5/c1-19(29)27-23(17-28)18-32-26(20-7-5-4-6-8-20,21-9-13-24(30-2)14-10-21)22-11-15-25(31-3)16-12-22/h4-16,23,28H,17-18H2,1-3H3,(H,27,29). The SMILES string of the molecule is COc1ccc(C(OCC(CO)NC(C)=O)(c2ccccc2)c2ccc(OC)cc2)cc1. The maximum absolute atomic E-state index is 11.6. The highest BCUT2D eigenvalue weighted by Gasteiger charge is 2.38. The van der Waals surface area contributed by atoms with Crippen LogP contribution >= 0.6 is 0 Å². The van der Waals surface area contributed by atoms with Gasteiger partial charge in [-0.3, -0.25) is 4.79 Å². The van der Waals surface area contributed by atoms with Gasteiger partial charge in [-0.25, -0.2) is 0 Å². The third-order valence-corrected chi connectivity index (χ3v) is 5.30. The van der Waals surface area contributed by atoms with Crippen LogP contribution in [0.5, 0.6) is 11.5 Å². The predicted molar refractivity (Wildman–Crippen MR) is 123 cm³/mol. The molecule has 168 valence electrons. The second kappa shape index (κ2) is 10.8. The number of rotatable bonds is 10.